The lowest BCUT2D eigenvalue weighted by atomic mass is 10.2. The van der Waals surface area contributed by atoms with Crippen LogP contribution in [0.5, 0.6) is 0 Å². The summed E-state index contributed by atoms with van der Waals surface area (Å²) in [6, 6.07) is 6.75. The van der Waals surface area contributed by atoms with Crippen molar-refractivity contribution >= 4 is 28.0 Å². The third-order valence-electron chi connectivity index (χ3n) is 3.03. The summed E-state index contributed by atoms with van der Waals surface area (Å²) in [4.78, 5) is 38.7. The second-order valence-corrected chi connectivity index (χ2v) is 5.36. The van der Waals surface area contributed by atoms with E-state index in [1.807, 2.05) is 0 Å². The smallest absolute Gasteiger partial charge is 0.345 e. The highest BCUT2D eigenvalue weighted by molar-refractivity contribution is 7.15. The third kappa shape index (κ3) is 2.94. The molecule has 0 aliphatic carbocycles. The fraction of sp³-hybridized carbons (Fsp3) is 0.0714. The number of fused-ring (bicyclic) bond motifs is 1. The van der Waals surface area contributed by atoms with Crippen LogP contribution in [-0.2, 0) is 11.3 Å². The molecule has 0 saturated carbocycles. The van der Waals surface area contributed by atoms with Gasteiger partial charge in [0.05, 0.1) is 10.6 Å². The van der Waals surface area contributed by atoms with Crippen LogP contribution in [0.2, 0.25) is 0 Å². The predicted octanol–water partition coefficient (Wildman–Crippen LogP) is 2.02. The van der Waals surface area contributed by atoms with Gasteiger partial charge in [0.2, 0.25) is 0 Å². The number of benzene rings is 1. The number of esters is 1. The zero-order valence-corrected chi connectivity index (χ0v) is 12.4. The van der Waals surface area contributed by atoms with E-state index in [1.54, 1.807) is 11.6 Å². The minimum absolute atomic E-state index is 0.147. The zero-order valence-electron chi connectivity index (χ0n) is 11.5. The number of hydrogen-bond acceptors (Lipinski definition) is 7. The Hall–Kier alpha value is -3.07. The number of para-hydroxylation sites is 1. The molecule has 8 nitrogen and oxygen atoms in total. The van der Waals surface area contributed by atoms with Gasteiger partial charge in [-0.25, -0.2) is 9.78 Å². The summed E-state index contributed by atoms with van der Waals surface area (Å²) in [5, 5.41) is 12.6. The van der Waals surface area contributed by atoms with Gasteiger partial charge in [-0.15, -0.1) is 11.3 Å². The van der Waals surface area contributed by atoms with Gasteiger partial charge < -0.3 is 4.74 Å². The van der Waals surface area contributed by atoms with Crippen LogP contribution in [0, 0.1) is 10.1 Å². The zero-order chi connectivity index (χ0) is 16.4. The van der Waals surface area contributed by atoms with Crippen LogP contribution in [0.1, 0.15) is 16.1 Å². The van der Waals surface area contributed by atoms with Crippen LogP contribution < -0.4 is 5.56 Å². The molecular weight excluding hydrogens is 322 g/mol. The van der Waals surface area contributed by atoms with Gasteiger partial charge in [-0.05, 0) is 6.07 Å². The molecule has 0 aliphatic heterocycles. The normalized spacial score (nSPS) is 10.6. The SMILES string of the molecule is O=C(OCc1cc(=O)n2ccsc2n1)c1ccccc1[N+](=O)[O-]. The molecule has 3 rings (SSSR count). The Labute approximate surface area is 132 Å². The van der Waals surface area contributed by atoms with E-state index in [2.05, 4.69) is 4.98 Å². The number of ether oxygens (including phenoxy) is 1. The van der Waals surface area contributed by atoms with Crippen molar-refractivity contribution in [1.82, 2.24) is 9.38 Å². The molecule has 0 aliphatic rings. The van der Waals surface area contributed by atoms with Crippen molar-refractivity contribution in [3.05, 3.63) is 73.6 Å². The van der Waals surface area contributed by atoms with E-state index >= 15 is 0 Å². The van der Waals surface area contributed by atoms with E-state index in [0.717, 1.165) is 0 Å². The molecule has 0 bridgehead atoms. The predicted molar refractivity (Wildman–Crippen MR) is 81.6 cm³/mol. The summed E-state index contributed by atoms with van der Waals surface area (Å²) in [6.45, 7) is -0.242. The molecule has 0 spiro atoms. The van der Waals surface area contributed by atoms with Gasteiger partial charge in [-0.3, -0.25) is 19.3 Å². The number of thiazole rings is 1. The molecule has 9 heteroatoms. The first-order chi connectivity index (χ1) is 11.1. The third-order valence-corrected chi connectivity index (χ3v) is 3.78. The number of nitrogens with zero attached hydrogens (tertiary/aromatic N) is 3. The molecule has 0 saturated heterocycles. The maximum atomic E-state index is 12.0. The lowest BCUT2D eigenvalue weighted by Gasteiger charge is -2.05. The van der Waals surface area contributed by atoms with E-state index in [-0.39, 0.29) is 29.1 Å². The fourth-order valence-corrected chi connectivity index (χ4v) is 2.72. The second kappa shape index (κ2) is 5.97. The van der Waals surface area contributed by atoms with Gasteiger partial charge in [-0.2, -0.15) is 0 Å². The number of aromatic nitrogens is 2. The van der Waals surface area contributed by atoms with Crippen LogP contribution in [0.3, 0.4) is 0 Å². The highest BCUT2D eigenvalue weighted by Crippen LogP contribution is 2.19. The molecule has 0 N–H and O–H groups in total. The molecule has 0 unspecified atom stereocenters. The van der Waals surface area contributed by atoms with Crippen LogP contribution >= 0.6 is 11.3 Å². The monoisotopic (exact) mass is 331 g/mol. The Kier molecular flexibility index (Phi) is 3.85. The van der Waals surface area contributed by atoms with Crippen molar-refractivity contribution in [3.8, 4) is 0 Å². The Balaban J connectivity index is 1.81. The first kappa shape index (κ1) is 14.9. The molecule has 1 aromatic carbocycles. The van der Waals surface area contributed by atoms with Crippen LogP contribution in [0.25, 0.3) is 4.96 Å². The topological polar surface area (TPSA) is 104 Å². The highest BCUT2D eigenvalue weighted by atomic mass is 32.1. The largest absolute Gasteiger partial charge is 0.455 e. The summed E-state index contributed by atoms with van der Waals surface area (Å²) in [5.74, 6) is -0.842. The summed E-state index contributed by atoms with van der Waals surface area (Å²) in [5.41, 5.74) is -0.483. The molecule has 0 amide bonds. The van der Waals surface area contributed by atoms with Crippen LogP contribution in [0.15, 0.2) is 46.7 Å². The molecule has 2 aromatic heterocycles. The average molecular weight is 331 g/mol. The van der Waals surface area contributed by atoms with Gasteiger partial charge in [0, 0.05) is 23.7 Å². The molecule has 23 heavy (non-hydrogen) atoms. The maximum Gasteiger partial charge on any atom is 0.345 e. The van der Waals surface area contributed by atoms with E-state index in [0.29, 0.717) is 4.96 Å². The van der Waals surface area contributed by atoms with Gasteiger partial charge in [0.1, 0.15) is 12.2 Å². The summed E-state index contributed by atoms with van der Waals surface area (Å²) < 4.78 is 6.41. The second-order valence-electron chi connectivity index (χ2n) is 4.49. The van der Waals surface area contributed by atoms with E-state index in [1.165, 1.54) is 46.1 Å². The van der Waals surface area contributed by atoms with E-state index in [9.17, 15) is 19.7 Å². The lowest BCUT2D eigenvalue weighted by Crippen LogP contribution is -2.15. The summed E-state index contributed by atoms with van der Waals surface area (Å²) in [7, 11) is 0. The average Bonchev–Trinajstić information content (AvgIpc) is 3.01. The minimum atomic E-state index is -0.842. The van der Waals surface area contributed by atoms with Gasteiger partial charge in [-0.1, -0.05) is 12.1 Å². The first-order valence-electron chi connectivity index (χ1n) is 6.42. The van der Waals surface area contributed by atoms with Gasteiger partial charge >= 0.3 is 5.97 Å². The van der Waals surface area contributed by atoms with Crippen molar-refractivity contribution in [1.29, 1.82) is 0 Å². The van der Waals surface area contributed by atoms with E-state index < -0.39 is 10.9 Å². The number of rotatable bonds is 4. The van der Waals surface area contributed by atoms with Crippen molar-refractivity contribution < 1.29 is 14.5 Å². The molecular formula is C14H9N3O5S. The quantitative estimate of drug-likeness (QED) is 0.411. The first-order valence-corrected chi connectivity index (χ1v) is 7.30. The molecule has 0 atom stereocenters. The van der Waals surface area contributed by atoms with E-state index in [4.69, 9.17) is 4.74 Å². The van der Waals surface area contributed by atoms with Crippen LogP contribution in [-0.4, -0.2) is 20.3 Å². The Morgan fingerprint density at radius 2 is 2.17 bits per heavy atom. The fourth-order valence-electron chi connectivity index (χ4n) is 1.98. The van der Waals surface area contributed by atoms with Crippen molar-refractivity contribution in [2.75, 3.05) is 0 Å². The van der Waals surface area contributed by atoms with Crippen LogP contribution in [0.4, 0.5) is 5.69 Å². The van der Waals surface area contributed by atoms with Gasteiger partial charge in [0.25, 0.3) is 11.2 Å². The number of hydrogen-bond donors (Lipinski definition) is 0. The Morgan fingerprint density at radius 3 is 2.96 bits per heavy atom. The minimum Gasteiger partial charge on any atom is -0.455 e. The van der Waals surface area contributed by atoms with Crippen molar-refractivity contribution in [3.63, 3.8) is 0 Å². The number of nitro benzene ring substituents is 1. The summed E-state index contributed by atoms with van der Waals surface area (Å²) >= 11 is 1.27. The standard InChI is InChI=1S/C14H9N3O5S/c18-12-7-9(15-14-16(12)5-6-23-14)8-22-13(19)10-3-1-2-4-11(10)17(20)21/h1-7H,8H2. The number of carbonyl (C=O) groups excluding carboxylic acids is 1. The molecule has 2 heterocycles. The molecule has 3 aromatic rings. The number of carbonyl (C=O) groups is 1. The molecule has 0 fully saturated rings. The highest BCUT2D eigenvalue weighted by Gasteiger charge is 2.20. The lowest BCUT2D eigenvalue weighted by molar-refractivity contribution is -0.385. The van der Waals surface area contributed by atoms with Crippen molar-refractivity contribution in [2.24, 2.45) is 0 Å². The van der Waals surface area contributed by atoms with Crippen molar-refractivity contribution in [2.45, 2.75) is 6.61 Å². The molecule has 0 radical (unpaired) electrons. The Morgan fingerprint density at radius 1 is 1.39 bits per heavy atom. The maximum absolute atomic E-state index is 12.0. The van der Waals surface area contributed by atoms with Gasteiger partial charge in [0.15, 0.2) is 4.96 Å². The number of nitro groups is 1. The Bertz CT molecular complexity index is 962. The molecule has 116 valence electrons. The summed E-state index contributed by atoms with van der Waals surface area (Å²) in [6.07, 6.45) is 1.60.